The van der Waals surface area contributed by atoms with Crippen molar-refractivity contribution in [2.24, 2.45) is 7.05 Å². The first-order valence-electron chi connectivity index (χ1n) is 13.9. The van der Waals surface area contributed by atoms with Crippen molar-refractivity contribution in [3.8, 4) is 38.8 Å². The number of fused-ring (bicyclic) bond motifs is 1. The second-order valence-corrected chi connectivity index (χ2v) is 11.2. The number of thiophene rings is 1. The van der Waals surface area contributed by atoms with Crippen molar-refractivity contribution in [1.82, 2.24) is 9.78 Å². The molecule has 216 valence electrons. The second kappa shape index (κ2) is 12.0. The molecule has 8 heteroatoms. The molecular weight excluding hydrogens is 558 g/mol. The van der Waals surface area contributed by atoms with Crippen molar-refractivity contribution < 1.29 is 14.6 Å². The van der Waals surface area contributed by atoms with E-state index in [1.807, 2.05) is 108 Å². The molecule has 2 heterocycles. The fourth-order valence-electron chi connectivity index (χ4n) is 5.34. The van der Waals surface area contributed by atoms with Gasteiger partial charge in [0.05, 0.1) is 19.8 Å². The van der Waals surface area contributed by atoms with Gasteiger partial charge in [0.15, 0.2) is 11.6 Å². The molecule has 0 radical (unpaired) electrons. The third kappa shape index (κ3) is 5.45. The second-order valence-electron chi connectivity index (χ2n) is 10.2. The highest BCUT2D eigenvalue weighted by atomic mass is 32.1. The van der Waals surface area contributed by atoms with Crippen LogP contribution in [0, 0.1) is 0 Å². The van der Waals surface area contributed by atoms with E-state index in [-0.39, 0.29) is 11.3 Å². The third-order valence-electron chi connectivity index (χ3n) is 7.43. The highest BCUT2D eigenvalue weighted by Gasteiger charge is 2.28. The van der Waals surface area contributed by atoms with Gasteiger partial charge >= 0.3 is 0 Å². The summed E-state index contributed by atoms with van der Waals surface area (Å²) >= 11 is 1.52. The van der Waals surface area contributed by atoms with E-state index in [0.29, 0.717) is 36.0 Å². The Balaban J connectivity index is 1.61. The molecule has 43 heavy (non-hydrogen) atoms. The Kier molecular flexibility index (Phi) is 7.85. The summed E-state index contributed by atoms with van der Waals surface area (Å²) in [6.07, 6.45) is 0. The van der Waals surface area contributed by atoms with Crippen LogP contribution in [0.5, 0.6) is 17.2 Å². The van der Waals surface area contributed by atoms with E-state index < -0.39 is 5.56 Å². The van der Waals surface area contributed by atoms with Crippen molar-refractivity contribution in [3.63, 3.8) is 0 Å². The summed E-state index contributed by atoms with van der Waals surface area (Å²) in [6.45, 7) is 0.962. The Morgan fingerprint density at radius 3 is 2.07 bits per heavy atom. The minimum absolute atomic E-state index is 0.165. The lowest BCUT2D eigenvalue weighted by Gasteiger charge is -2.26. The number of aromatic nitrogens is 2. The highest BCUT2D eigenvalue weighted by molar-refractivity contribution is 7.23. The molecule has 0 bridgehead atoms. The maximum atomic E-state index is 14.0. The summed E-state index contributed by atoms with van der Waals surface area (Å²) in [5.74, 6) is 1.53. The summed E-state index contributed by atoms with van der Waals surface area (Å²) in [5, 5.41) is 17.5. The number of hydrogen-bond donors (Lipinski definition) is 1. The van der Waals surface area contributed by atoms with Crippen LogP contribution in [0.1, 0.15) is 11.1 Å². The molecule has 4 aromatic carbocycles. The van der Waals surface area contributed by atoms with Crippen LogP contribution in [0.2, 0.25) is 0 Å². The molecule has 0 spiro atoms. The topological polar surface area (TPSA) is 76.8 Å². The van der Waals surface area contributed by atoms with E-state index in [1.165, 1.54) is 16.0 Å². The SMILES string of the molecule is COc1ccc2c(-c3c(O)c(N(Cc4ccccc4)Cc4ccccc4)nn(C)c3=O)c(-c3ccccc3OC)sc2c1. The summed E-state index contributed by atoms with van der Waals surface area (Å²) in [7, 11) is 4.88. The molecule has 2 aromatic heterocycles. The van der Waals surface area contributed by atoms with Crippen LogP contribution in [0.15, 0.2) is 108 Å². The van der Waals surface area contributed by atoms with Gasteiger partial charge in [-0.25, -0.2) is 4.68 Å². The maximum absolute atomic E-state index is 14.0. The van der Waals surface area contributed by atoms with Crippen LogP contribution < -0.4 is 19.9 Å². The lowest BCUT2D eigenvalue weighted by atomic mass is 9.98. The highest BCUT2D eigenvalue weighted by Crippen LogP contribution is 2.50. The van der Waals surface area contributed by atoms with Gasteiger partial charge < -0.3 is 19.5 Å². The molecular formula is C35H31N3O4S. The van der Waals surface area contributed by atoms with E-state index in [0.717, 1.165) is 31.7 Å². The minimum atomic E-state index is -0.396. The van der Waals surface area contributed by atoms with Crippen LogP contribution in [0.4, 0.5) is 5.82 Å². The van der Waals surface area contributed by atoms with Gasteiger partial charge in [-0.15, -0.1) is 16.4 Å². The predicted octanol–water partition coefficient (Wildman–Crippen LogP) is 7.26. The largest absolute Gasteiger partial charge is 0.504 e. The van der Waals surface area contributed by atoms with Crippen molar-refractivity contribution in [1.29, 1.82) is 0 Å². The Morgan fingerprint density at radius 2 is 1.44 bits per heavy atom. The van der Waals surface area contributed by atoms with Gasteiger partial charge in [0, 0.05) is 46.2 Å². The Labute approximate surface area is 253 Å². The number of rotatable bonds is 9. The number of benzene rings is 4. The number of hydrogen-bond acceptors (Lipinski definition) is 7. The normalized spacial score (nSPS) is 11.0. The average Bonchev–Trinajstić information content (AvgIpc) is 3.41. The van der Waals surface area contributed by atoms with Crippen LogP contribution in [-0.4, -0.2) is 29.1 Å². The van der Waals surface area contributed by atoms with Crippen LogP contribution in [-0.2, 0) is 20.1 Å². The van der Waals surface area contributed by atoms with Gasteiger partial charge in [0.25, 0.3) is 5.56 Å². The third-order valence-corrected chi connectivity index (χ3v) is 8.62. The molecule has 1 N–H and O–H groups in total. The standard InChI is InChI=1S/C35H31N3O4S/c1-37-35(40)31(30-27-19-18-25(41-2)20-29(27)43-33(30)26-16-10-11-17-28(26)42-3)32(39)34(36-37)38(21-23-12-6-4-7-13-23)22-24-14-8-5-9-15-24/h4-20,39H,21-22H2,1-3H3. The molecule has 0 saturated carbocycles. The van der Waals surface area contributed by atoms with Gasteiger partial charge in [-0.3, -0.25) is 4.79 Å². The molecule has 0 aliphatic rings. The molecule has 6 rings (SSSR count). The first kappa shape index (κ1) is 28.1. The van der Waals surface area contributed by atoms with Crippen molar-refractivity contribution in [2.75, 3.05) is 19.1 Å². The zero-order valence-corrected chi connectivity index (χ0v) is 25.0. The monoisotopic (exact) mass is 589 g/mol. The number of anilines is 1. The number of aryl methyl sites for hydroxylation is 1. The first-order chi connectivity index (χ1) is 21.0. The number of para-hydroxylation sites is 1. The number of ether oxygens (including phenoxy) is 2. The zero-order chi connectivity index (χ0) is 29.9. The van der Waals surface area contributed by atoms with Crippen molar-refractivity contribution in [2.45, 2.75) is 13.1 Å². The average molecular weight is 590 g/mol. The maximum Gasteiger partial charge on any atom is 0.278 e. The summed E-state index contributed by atoms with van der Waals surface area (Å²) in [4.78, 5) is 16.8. The molecule has 0 aliphatic carbocycles. The number of nitrogens with zero attached hydrogens (tertiary/aromatic N) is 3. The summed E-state index contributed by atoms with van der Waals surface area (Å²) < 4.78 is 13.5. The molecule has 0 aliphatic heterocycles. The zero-order valence-electron chi connectivity index (χ0n) is 24.2. The molecule has 6 aromatic rings. The molecule has 0 saturated heterocycles. The van der Waals surface area contributed by atoms with Gasteiger partial charge in [0.2, 0.25) is 0 Å². The number of methoxy groups -OCH3 is 2. The van der Waals surface area contributed by atoms with Crippen LogP contribution >= 0.6 is 11.3 Å². The fraction of sp³-hybridized carbons (Fsp3) is 0.143. The van der Waals surface area contributed by atoms with Gasteiger partial charge in [-0.05, 0) is 41.5 Å². The molecule has 0 fully saturated rings. The Morgan fingerprint density at radius 1 is 0.814 bits per heavy atom. The molecule has 0 amide bonds. The molecule has 0 atom stereocenters. The summed E-state index contributed by atoms with van der Waals surface area (Å²) in [6, 6.07) is 33.5. The first-order valence-corrected chi connectivity index (χ1v) is 14.7. The van der Waals surface area contributed by atoms with E-state index in [1.54, 1.807) is 21.3 Å². The van der Waals surface area contributed by atoms with E-state index in [9.17, 15) is 9.90 Å². The minimum Gasteiger partial charge on any atom is -0.504 e. The van der Waals surface area contributed by atoms with Gasteiger partial charge in [-0.2, -0.15) is 0 Å². The van der Waals surface area contributed by atoms with Gasteiger partial charge in [-0.1, -0.05) is 72.8 Å². The lowest BCUT2D eigenvalue weighted by Crippen LogP contribution is -2.29. The van der Waals surface area contributed by atoms with Gasteiger partial charge in [0.1, 0.15) is 11.5 Å². The van der Waals surface area contributed by atoms with Crippen LogP contribution in [0.25, 0.3) is 31.7 Å². The Hall–Kier alpha value is -5.08. The van der Waals surface area contributed by atoms with Crippen molar-refractivity contribution >= 4 is 27.2 Å². The number of aromatic hydroxyl groups is 1. The molecule has 7 nitrogen and oxygen atoms in total. The predicted molar refractivity (Wildman–Crippen MR) is 173 cm³/mol. The van der Waals surface area contributed by atoms with E-state index in [2.05, 4.69) is 5.10 Å². The Bertz CT molecular complexity index is 1910. The lowest BCUT2D eigenvalue weighted by molar-refractivity contribution is 0.415. The molecule has 0 unspecified atom stereocenters. The van der Waals surface area contributed by atoms with E-state index >= 15 is 0 Å². The smallest absolute Gasteiger partial charge is 0.278 e. The van der Waals surface area contributed by atoms with E-state index in [4.69, 9.17) is 9.47 Å². The van der Waals surface area contributed by atoms with Crippen LogP contribution in [0.3, 0.4) is 0 Å². The summed E-state index contributed by atoms with van der Waals surface area (Å²) in [5.41, 5.74) is 3.36. The van der Waals surface area contributed by atoms with Crippen molar-refractivity contribution in [3.05, 3.63) is 125 Å². The fourth-order valence-corrected chi connectivity index (χ4v) is 6.60. The quantitative estimate of drug-likeness (QED) is 0.191.